The number of allylic oxidation sites excluding steroid dienone is 2. The summed E-state index contributed by atoms with van der Waals surface area (Å²) < 4.78 is 0. The standard InChI is InChI=1S/C21H34N2O/c1-2-3-4-5-6-7-8-9-10-11-12-13-14-20(21(22)24)19-15-17-23-18-16-19/h7-8,15-18,20H,2-6,9-14H2,1H3,(H2,22,24). The van der Waals surface area contributed by atoms with E-state index in [0.717, 1.165) is 18.4 Å². The van der Waals surface area contributed by atoms with Crippen molar-refractivity contribution in [3.05, 3.63) is 42.2 Å². The van der Waals surface area contributed by atoms with E-state index in [9.17, 15) is 4.79 Å². The van der Waals surface area contributed by atoms with Crippen molar-refractivity contribution < 1.29 is 4.79 Å². The number of carbonyl (C=O) groups excluding carboxylic acids is 1. The van der Waals surface area contributed by atoms with Crippen LogP contribution in [-0.4, -0.2) is 10.9 Å². The molecule has 3 nitrogen and oxygen atoms in total. The van der Waals surface area contributed by atoms with Crippen molar-refractivity contribution in [1.29, 1.82) is 0 Å². The number of pyridine rings is 1. The molecule has 0 spiro atoms. The molecule has 1 amide bonds. The van der Waals surface area contributed by atoms with Crippen LogP contribution >= 0.6 is 0 Å². The fraction of sp³-hybridized carbons (Fsp3) is 0.619. The Morgan fingerprint density at radius 2 is 1.58 bits per heavy atom. The lowest BCUT2D eigenvalue weighted by atomic mass is 9.93. The molecule has 0 saturated heterocycles. The van der Waals surface area contributed by atoms with E-state index in [1.54, 1.807) is 12.4 Å². The van der Waals surface area contributed by atoms with Gasteiger partial charge in [-0.05, 0) is 49.8 Å². The molecule has 0 radical (unpaired) electrons. The molecule has 1 aromatic heterocycles. The number of nitrogens with zero attached hydrogens (tertiary/aromatic N) is 1. The van der Waals surface area contributed by atoms with Gasteiger partial charge in [0.25, 0.3) is 0 Å². The average Bonchev–Trinajstić information content (AvgIpc) is 2.59. The maximum Gasteiger partial charge on any atom is 0.224 e. The highest BCUT2D eigenvalue weighted by atomic mass is 16.1. The van der Waals surface area contributed by atoms with Gasteiger partial charge >= 0.3 is 0 Å². The molecule has 1 unspecified atom stereocenters. The summed E-state index contributed by atoms with van der Waals surface area (Å²) >= 11 is 0. The first-order valence-corrected chi connectivity index (χ1v) is 9.60. The summed E-state index contributed by atoms with van der Waals surface area (Å²) in [4.78, 5) is 15.6. The molecule has 0 saturated carbocycles. The molecule has 2 N–H and O–H groups in total. The molecule has 3 heteroatoms. The van der Waals surface area contributed by atoms with E-state index in [1.807, 2.05) is 12.1 Å². The van der Waals surface area contributed by atoms with E-state index < -0.39 is 0 Å². The van der Waals surface area contributed by atoms with E-state index in [0.29, 0.717) is 0 Å². The topological polar surface area (TPSA) is 56.0 Å². The maximum absolute atomic E-state index is 11.6. The molecule has 134 valence electrons. The maximum atomic E-state index is 11.6. The predicted molar refractivity (Wildman–Crippen MR) is 102 cm³/mol. The van der Waals surface area contributed by atoms with E-state index in [2.05, 4.69) is 24.1 Å². The van der Waals surface area contributed by atoms with Gasteiger partial charge < -0.3 is 5.73 Å². The number of carbonyl (C=O) groups is 1. The number of aromatic nitrogens is 1. The van der Waals surface area contributed by atoms with Gasteiger partial charge in [-0.25, -0.2) is 0 Å². The molecule has 24 heavy (non-hydrogen) atoms. The molecule has 0 aliphatic heterocycles. The number of unbranched alkanes of at least 4 members (excludes halogenated alkanes) is 8. The molecule has 1 heterocycles. The Bertz CT molecular complexity index is 456. The van der Waals surface area contributed by atoms with Crippen molar-refractivity contribution in [2.45, 2.75) is 83.5 Å². The number of rotatable bonds is 14. The van der Waals surface area contributed by atoms with Gasteiger partial charge in [0.05, 0.1) is 5.92 Å². The Kier molecular flexibility index (Phi) is 11.7. The van der Waals surface area contributed by atoms with Gasteiger partial charge in [0.15, 0.2) is 0 Å². The highest BCUT2D eigenvalue weighted by Crippen LogP contribution is 2.22. The SMILES string of the molecule is CCCCCCC=CCCCCCCC(C(N)=O)c1ccncc1. The zero-order chi connectivity index (χ0) is 17.5. The molecule has 1 aromatic rings. The summed E-state index contributed by atoms with van der Waals surface area (Å²) in [6, 6.07) is 3.78. The van der Waals surface area contributed by atoms with Gasteiger partial charge in [-0.2, -0.15) is 0 Å². The van der Waals surface area contributed by atoms with Gasteiger partial charge in [0.2, 0.25) is 5.91 Å². The fourth-order valence-electron chi connectivity index (χ4n) is 2.96. The first kappa shape index (κ1) is 20.4. The van der Waals surface area contributed by atoms with Gasteiger partial charge in [0.1, 0.15) is 0 Å². The first-order valence-electron chi connectivity index (χ1n) is 9.60. The normalized spacial score (nSPS) is 12.5. The molecule has 0 aliphatic rings. The summed E-state index contributed by atoms with van der Waals surface area (Å²) in [6.07, 6.45) is 21.4. The number of nitrogens with two attached hydrogens (primary N) is 1. The minimum absolute atomic E-state index is 0.170. The average molecular weight is 331 g/mol. The molecular weight excluding hydrogens is 296 g/mol. The van der Waals surface area contributed by atoms with Crippen LogP contribution in [0.3, 0.4) is 0 Å². The number of hydrogen-bond acceptors (Lipinski definition) is 2. The lowest BCUT2D eigenvalue weighted by Crippen LogP contribution is -2.21. The lowest BCUT2D eigenvalue weighted by Gasteiger charge is -2.13. The molecule has 1 rings (SSSR count). The summed E-state index contributed by atoms with van der Waals surface area (Å²) in [5.41, 5.74) is 6.53. The van der Waals surface area contributed by atoms with Gasteiger partial charge in [0, 0.05) is 12.4 Å². The van der Waals surface area contributed by atoms with Crippen LogP contribution < -0.4 is 5.73 Å². The summed E-state index contributed by atoms with van der Waals surface area (Å²) in [5.74, 6) is -0.400. The number of hydrogen-bond donors (Lipinski definition) is 1. The summed E-state index contributed by atoms with van der Waals surface area (Å²) in [7, 11) is 0. The van der Waals surface area contributed by atoms with Crippen LogP contribution in [0.1, 0.15) is 89.0 Å². The van der Waals surface area contributed by atoms with E-state index in [4.69, 9.17) is 5.73 Å². The Labute approximate surface area is 147 Å². The van der Waals surface area contributed by atoms with Crippen molar-refractivity contribution in [1.82, 2.24) is 4.98 Å². The van der Waals surface area contributed by atoms with Gasteiger partial charge in [-0.15, -0.1) is 0 Å². The van der Waals surface area contributed by atoms with Crippen LogP contribution in [0.2, 0.25) is 0 Å². The van der Waals surface area contributed by atoms with Crippen LogP contribution in [0.25, 0.3) is 0 Å². The second kappa shape index (κ2) is 13.8. The number of amides is 1. The monoisotopic (exact) mass is 330 g/mol. The van der Waals surface area contributed by atoms with Crippen LogP contribution in [-0.2, 0) is 4.79 Å². The molecular formula is C21H34N2O. The van der Waals surface area contributed by atoms with Gasteiger partial charge in [-0.1, -0.05) is 57.6 Å². The third-order valence-corrected chi connectivity index (χ3v) is 4.46. The second-order valence-electron chi connectivity index (χ2n) is 6.55. The first-order chi connectivity index (χ1) is 11.8. The Hall–Kier alpha value is -1.64. The smallest absolute Gasteiger partial charge is 0.224 e. The van der Waals surface area contributed by atoms with Crippen LogP contribution in [0.4, 0.5) is 0 Å². The predicted octanol–water partition coefficient (Wildman–Crippen LogP) is 5.52. The third-order valence-electron chi connectivity index (χ3n) is 4.46. The molecule has 1 atom stereocenters. The Morgan fingerprint density at radius 3 is 2.17 bits per heavy atom. The third kappa shape index (κ3) is 9.49. The van der Waals surface area contributed by atoms with Crippen LogP contribution in [0.5, 0.6) is 0 Å². The van der Waals surface area contributed by atoms with Crippen LogP contribution in [0.15, 0.2) is 36.7 Å². The van der Waals surface area contributed by atoms with Crippen molar-refractivity contribution in [3.63, 3.8) is 0 Å². The summed E-state index contributed by atoms with van der Waals surface area (Å²) in [6.45, 7) is 2.25. The van der Waals surface area contributed by atoms with Crippen molar-refractivity contribution in [2.75, 3.05) is 0 Å². The second-order valence-corrected chi connectivity index (χ2v) is 6.55. The fourth-order valence-corrected chi connectivity index (χ4v) is 2.96. The number of primary amides is 1. The molecule has 0 aromatic carbocycles. The molecule has 0 bridgehead atoms. The molecule has 0 aliphatic carbocycles. The highest BCUT2D eigenvalue weighted by Gasteiger charge is 2.16. The highest BCUT2D eigenvalue weighted by molar-refractivity contribution is 5.81. The minimum Gasteiger partial charge on any atom is -0.369 e. The van der Waals surface area contributed by atoms with Crippen LogP contribution in [0, 0.1) is 0 Å². The van der Waals surface area contributed by atoms with Crippen molar-refractivity contribution in [3.8, 4) is 0 Å². The Morgan fingerprint density at radius 1 is 1.00 bits per heavy atom. The van der Waals surface area contributed by atoms with Crippen molar-refractivity contribution in [2.24, 2.45) is 5.73 Å². The lowest BCUT2D eigenvalue weighted by molar-refractivity contribution is -0.119. The van der Waals surface area contributed by atoms with E-state index in [-0.39, 0.29) is 11.8 Å². The van der Waals surface area contributed by atoms with Gasteiger partial charge in [-0.3, -0.25) is 9.78 Å². The molecule has 0 fully saturated rings. The quantitative estimate of drug-likeness (QED) is 0.361. The summed E-state index contributed by atoms with van der Waals surface area (Å²) in [5, 5.41) is 0. The minimum atomic E-state index is -0.229. The largest absolute Gasteiger partial charge is 0.369 e. The van der Waals surface area contributed by atoms with Crippen molar-refractivity contribution >= 4 is 5.91 Å². The van der Waals surface area contributed by atoms with E-state index >= 15 is 0 Å². The zero-order valence-corrected chi connectivity index (χ0v) is 15.3. The Balaban J connectivity index is 2.06. The zero-order valence-electron chi connectivity index (χ0n) is 15.3. The van der Waals surface area contributed by atoms with E-state index in [1.165, 1.54) is 57.8 Å².